The lowest BCUT2D eigenvalue weighted by atomic mass is 10.0. The van der Waals surface area contributed by atoms with Gasteiger partial charge in [0.2, 0.25) is 0 Å². The van der Waals surface area contributed by atoms with Gasteiger partial charge in [0.1, 0.15) is 0 Å². The van der Waals surface area contributed by atoms with Gasteiger partial charge in [0.15, 0.2) is 5.78 Å². The summed E-state index contributed by atoms with van der Waals surface area (Å²) in [5, 5.41) is 0. The fourth-order valence-corrected chi connectivity index (χ4v) is 3.09. The molecule has 1 nitrogen and oxygen atoms in total. The van der Waals surface area contributed by atoms with Crippen molar-refractivity contribution in [2.24, 2.45) is 0 Å². The zero-order valence-electron chi connectivity index (χ0n) is 11.3. The Morgan fingerprint density at radius 1 is 0.947 bits per heavy atom. The van der Waals surface area contributed by atoms with Crippen LogP contribution in [0.15, 0.2) is 65.6 Å². The van der Waals surface area contributed by atoms with E-state index in [-0.39, 0.29) is 10.5 Å². The average Bonchev–Trinajstić information content (AvgIpc) is 2.39. The maximum atomic E-state index is 12.2. The smallest absolute Gasteiger partial charge is 0.164 e. The molecule has 0 amide bonds. The third-order valence-electron chi connectivity index (χ3n) is 2.82. The number of carbonyl (C=O) groups excluding carboxylic acids is 1. The van der Waals surface area contributed by atoms with Crippen LogP contribution in [0.3, 0.4) is 0 Å². The van der Waals surface area contributed by atoms with Crippen LogP contribution in [0.5, 0.6) is 0 Å². The maximum absolute atomic E-state index is 12.2. The summed E-state index contributed by atoms with van der Waals surface area (Å²) in [6, 6.07) is 19.7. The molecular weight excluding hydrogens is 252 g/mol. The zero-order valence-corrected chi connectivity index (χ0v) is 12.1. The monoisotopic (exact) mass is 270 g/mol. The lowest BCUT2D eigenvalue weighted by Crippen LogP contribution is -2.20. The Hall–Kier alpha value is -1.54. The average molecular weight is 270 g/mol. The standard InChI is InChI=1S/C17H18OS/c1-17(2,19-15-11-7-4-8-12-15)13-16(18)14-9-5-3-6-10-14/h3-12H,13H2,1-2H3. The van der Waals surface area contributed by atoms with Gasteiger partial charge in [0.25, 0.3) is 0 Å². The summed E-state index contributed by atoms with van der Waals surface area (Å²) in [5.41, 5.74) is 0.796. The highest BCUT2D eigenvalue weighted by Gasteiger charge is 2.23. The van der Waals surface area contributed by atoms with E-state index in [4.69, 9.17) is 0 Å². The van der Waals surface area contributed by atoms with E-state index in [1.165, 1.54) is 4.90 Å². The Kier molecular flexibility index (Phi) is 4.43. The number of carbonyl (C=O) groups is 1. The highest BCUT2D eigenvalue weighted by atomic mass is 32.2. The molecule has 2 aromatic carbocycles. The molecule has 0 spiro atoms. The zero-order chi connectivity index (χ0) is 13.7. The van der Waals surface area contributed by atoms with Crippen molar-refractivity contribution in [3.63, 3.8) is 0 Å². The van der Waals surface area contributed by atoms with E-state index in [9.17, 15) is 4.79 Å². The Bertz CT molecular complexity index is 532. The van der Waals surface area contributed by atoms with Crippen molar-refractivity contribution in [3.8, 4) is 0 Å². The number of rotatable bonds is 5. The minimum atomic E-state index is -0.103. The van der Waals surface area contributed by atoms with Gasteiger partial charge in [-0.05, 0) is 26.0 Å². The molecule has 2 rings (SSSR count). The van der Waals surface area contributed by atoms with Gasteiger partial charge in [-0.3, -0.25) is 4.79 Å². The van der Waals surface area contributed by atoms with E-state index in [1.807, 2.05) is 48.5 Å². The van der Waals surface area contributed by atoms with E-state index in [0.717, 1.165) is 5.56 Å². The number of Topliss-reactive ketones (excluding diaryl/α,β-unsaturated/α-hetero) is 1. The number of benzene rings is 2. The van der Waals surface area contributed by atoms with Crippen LogP contribution in [0.25, 0.3) is 0 Å². The molecular formula is C17H18OS. The van der Waals surface area contributed by atoms with Gasteiger partial charge < -0.3 is 0 Å². The van der Waals surface area contributed by atoms with Crippen LogP contribution in [-0.2, 0) is 0 Å². The molecule has 0 fully saturated rings. The number of hydrogen-bond donors (Lipinski definition) is 0. The second-order valence-electron chi connectivity index (χ2n) is 5.14. The molecule has 0 atom stereocenters. The number of ketones is 1. The van der Waals surface area contributed by atoms with Crippen LogP contribution in [0, 0.1) is 0 Å². The van der Waals surface area contributed by atoms with Crippen LogP contribution < -0.4 is 0 Å². The maximum Gasteiger partial charge on any atom is 0.164 e. The summed E-state index contributed by atoms with van der Waals surface area (Å²) in [6.07, 6.45) is 0.538. The van der Waals surface area contributed by atoms with Crippen molar-refractivity contribution in [1.82, 2.24) is 0 Å². The molecule has 0 aliphatic carbocycles. The molecule has 0 aromatic heterocycles. The summed E-state index contributed by atoms with van der Waals surface area (Å²) >= 11 is 1.75. The van der Waals surface area contributed by atoms with Gasteiger partial charge in [0.05, 0.1) is 0 Å². The van der Waals surface area contributed by atoms with E-state index in [1.54, 1.807) is 11.8 Å². The first-order valence-electron chi connectivity index (χ1n) is 6.39. The highest BCUT2D eigenvalue weighted by molar-refractivity contribution is 8.00. The summed E-state index contributed by atoms with van der Waals surface area (Å²) < 4.78 is -0.103. The molecule has 0 aliphatic rings. The Balaban J connectivity index is 2.03. The van der Waals surface area contributed by atoms with Crippen molar-refractivity contribution in [3.05, 3.63) is 66.2 Å². The first kappa shape index (κ1) is 13.9. The summed E-state index contributed by atoms with van der Waals surface area (Å²) in [4.78, 5) is 13.4. The van der Waals surface area contributed by atoms with E-state index in [2.05, 4.69) is 26.0 Å². The normalized spacial score (nSPS) is 11.3. The largest absolute Gasteiger partial charge is 0.294 e. The van der Waals surface area contributed by atoms with Gasteiger partial charge in [-0.2, -0.15) is 0 Å². The Morgan fingerprint density at radius 2 is 1.47 bits per heavy atom. The predicted molar refractivity (Wildman–Crippen MR) is 81.8 cm³/mol. The number of hydrogen-bond acceptors (Lipinski definition) is 2. The molecule has 0 heterocycles. The minimum absolute atomic E-state index is 0.103. The van der Waals surface area contributed by atoms with Crippen LogP contribution in [0.4, 0.5) is 0 Å². The molecule has 2 heteroatoms. The van der Waals surface area contributed by atoms with Crippen molar-refractivity contribution >= 4 is 17.5 Å². The van der Waals surface area contributed by atoms with Gasteiger partial charge in [0, 0.05) is 21.6 Å². The highest BCUT2D eigenvalue weighted by Crippen LogP contribution is 2.35. The molecule has 0 radical (unpaired) electrons. The first-order chi connectivity index (χ1) is 9.07. The third-order valence-corrected chi connectivity index (χ3v) is 4.02. The molecule has 0 bridgehead atoms. The molecule has 19 heavy (non-hydrogen) atoms. The minimum Gasteiger partial charge on any atom is -0.294 e. The van der Waals surface area contributed by atoms with Gasteiger partial charge >= 0.3 is 0 Å². The lowest BCUT2D eigenvalue weighted by Gasteiger charge is -2.23. The van der Waals surface area contributed by atoms with Crippen LogP contribution in [-0.4, -0.2) is 10.5 Å². The molecule has 98 valence electrons. The van der Waals surface area contributed by atoms with Crippen LogP contribution >= 0.6 is 11.8 Å². The van der Waals surface area contributed by atoms with Crippen molar-refractivity contribution < 1.29 is 4.79 Å². The number of thioether (sulfide) groups is 1. The quantitative estimate of drug-likeness (QED) is 0.572. The SMILES string of the molecule is CC(C)(CC(=O)c1ccccc1)Sc1ccccc1. The van der Waals surface area contributed by atoms with E-state index < -0.39 is 0 Å². The van der Waals surface area contributed by atoms with Gasteiger partial charge in [-0.25, -0.2) is 0 Å². The molecule has 2 aromatic rings. The second kappa shape index (κ2) is 6.07. The summed E-state index contributed by atoms with van der Waals surface area (Å²) in [6.45, 7) is 4.23. The van der Waals surface area contributed by atoms with Crippen LogP contribution in [0.1, 0.15) is 30.6 Å². The fourth-order valence-electron chi connectivity index (χ4n) is 1.96. The van der Waals surface area contributed by atoms with Gasteiger partial charge in [-0.1, -0.05) is 48.5 Å². The van der Waals surface area contributed by atoms with E-state index >= 15 is 0 Å². The lowest BCUT2D eigenvalue weighted by molar-refractivity contribution is 0.0974. The molecule has 0 aliphatic heterocycles. The summed E-state index contributed by atoms with van der Waals surface area (Å²) in [5.74, 6) is 0.203. The summed E-state index contributed by atoms with van der Waals surface area (Å²) in [7, 11) is 0. The van der Waals surface area contributed by atoms with Crippen LogP contribution in [0.2, 0.25) is 0 Å². The topological polar surface area (TPSA) is 17.1 Å². The van der Waals surface area contributed by atoms with Crippen molar-refractivity contribution in [2.75, 3.05) is 0 Å². The molecule has 0 saturated heterocycles. The molecule has 0 saturated carbocycles. The molecule has 0 N–H and O–H groups in total. The predicted octanol–water partition coefficient (Wildman–Crippen LogP) is 4.83. The van der Waals surface area contributed by atoms with E-state index in [0.29, 0.717) is 6.42 Å². The van der Waals surface area contributed by atoms with Crippen molar-refractivity contribution in [2.45, 2.75) is 29.9 Å². The fraction of sp³-hybridized carbons (Fsp3) is 0.235. The van der Waals surface area contributed by atoms with Crippen molar-refractivity contribution in [1.29, 1.82) is 0 Å². The Morgan fingerprint density at radius 3 is 2.05 bits per heavy atom. The third kappa shape index (κ3) is 4.25. The second-order valence-corrected chi connectivity index (χ2v) is 6.92. The molecule has 0 unspecified atom stereocenters. The Labute approximate surface area is 119 Å². The van der Waals surface area contributed by atoms with Gasteiger partial charge in [-0.15, -0.1) is 11.8 Å². The first-order valence-corrected chi connectivity index (χ1v) is 7.21.